The fourth-order valence-electron chi connectivity index (χ4n) is 0.958. The molecular formula is C7H6S. The molecule has 0 bridgehead atoms. The quantitative estimate of drug-likeness (QED) is 0.475. The maximum Gasteiger partial charge on any atom is 0.0302 e. The van der Waals surface area contributed by atoms with Gasteiger partial charge in [0, 0.05) is 4.53 Å². The van der Waals surface area contributed by atoms with Crippen molar-refractivity contribution in [3.8, 4) is 0 Å². The van der Waals surface area contributed by atoms with E-state index in [0.29, 0.717) is 0 Å². The zero-order valence-corrected chi connectivity index (χ0v) is 5.24. The summed E-state index contributed by atoms with van der Waals surface area (Å²) in [5.41, 5.74) is 0. The Morgan fingerprint density at radius 1 is 1.38 bits per heavy atom. The lowest BCUT2D eigenvalue weighted by atomic mass is 10.4. The third-order valence-electron chi connectivity index (χ3n) is 1.37. The maximum absolute atomic E-state index is 2.26. The maximum atomic E-state index is 2.26. The first kappa shape index (κ1) is 4.33. The van der Waals surface area contributed by atoms with E-state index < -0.39 is 0 Å². The summed E-state index contributed by atoms with van der Waals surface area (Å²) in [4.78, 5) is 0. The molecule has 0 radical (unpaired) electrons. The largest absolute Gasteiger partial charge is 0.144 e. The van der Waals surface area contributed by atoms with Crippen molar-refractivity contribution in [2.24, 2.45) is 0 Å². The summed E-state index contributed by atoms with van der Waals surface area (Å²) in [6.07, 6.45) is 5.66. The van der Waals surface area contributed by atoms with E-state index in [-0.39, 0.29) is 0 Å². The van der Waals surface area contributed by atoms with Crippen LogP contribution in [-0.4, -0.2) is 0 Å². The van der Waals surface area contributed by atoms with Crippen LogP contribution >= 0.6 is 11.3 Å². The molecule has 2 rings (SSSR count). The van der Waals surface area contributed by atoms with E-state index in [2.05, 4.69) is 23.6 Å². The third kappa shape index (κ3) is 0.450. The van der Waals surface area contributed by atoms with Crippen molar-refractivity contribution in [2.75, 3.05) is 0 Å². The van der Waals surface area contributed by atoms with E-state index in [0.717, 1.165) is 6.42 Å². The van der Waals surface area contributed by atoms with Crippen LogP contribution in [0.25, 0.3) is 12.2 Å². The average Bonchev–Trinajstić information content (AvgIpc) is 2.15. The molecule has 0 unspecified atom stereocenters. The van der Waals surface area contributed by atoms with Gasteiger partial charge in [0.05, 0.1) is 0 Å². The van der Waals surface area contributed by atoms with Gasteiger partial charge < -0.3 is 0 Å². The van der Waals surface area contributed by atoms with Crippen molar-refractivity contribution in [1.82, 2.24) is 0 Å². The molecule has 0 aromatic carbocycles. The highest BCUT2D eigenvalue weighted by Gasteiger charge is 1.90. The molecule has 1 aromatic rings. The number of hydrogen-bond donors (Lipinski definition) is 0. The molecule has 0 N–H and O–H groups in total. The number of fused-ring (bicyclic) bond motifs is 1. The predicted molar refractivity (Wildman–Crippen MR) is 37.1 cm³/mol. The van der Waals surface area contributed by atoms with Gasteiger partial charge >= 0.3 is 0 Å². The van der Waals surface area contributed by atoms with Crippen LogP contribution in [0, 0.1) is 0 Å². The molecule has 8 heavy (non-hydrogen) atoms. The summed E-state index contributed by atoms with van der Waals surface area (Å²) in [5.74, 6) is 0. The standard InChI is InChI=1S/C7H6S/c1-2-6-4-5-8-7(6)3-1/h2-5H,1H2. The van der Waals surface area contributed by atoms with Crippen LogP contribution in [0.4, 0.5) is 0 Å². The van der Waals surface area contributed by atoms with Crippen LogP contribution in [0.3, 0.4) is 0 Å². The highest BCUT2D eigenvalue weighted by Crippen LogP contribution is 1.91. The smallest absolute Gasteiger partial charge is 0.0302 e. The molecule has 0 nitrogen and oxygen atoms in total. The molecule has 40 valence electrons. The first-order chi connectivity index (χ1) is 3.97. The van der Waals surface area contributed by atoms with Crippen LogP contribution in [0.15, 0.2) is 11.4 Å². The van der Waals surface area contributed by atoms with E-state index >= 15 is 0 Å². The van der Waals surface area contributed by atoms with Gasteiger partial charge in [-0.1, -0.05) is 12.2 Å². The van der Waals surface area contributed by atoms with Gasteiger partial charge in [-0.2, -0.15) is 0 Å². The zero-order chi connectivity index (χ0) is 5.40. The van der Waals surface area contributed by atoms with Crippen LogP contribution in [-0.2, 0) is 0 Å². The second-order valence-electron chi connectivity index (χ2n) is 1.88. The number of rotatable bonds is 0. The fourth-order valence-corrected chi connectivity index (χ4v) is 1.80. The fraction of sp³-hybridized carbons (Fsp3) is 0.143. The first-order valence-electron chi connectivity index (χ1n) is 2.71. The van der Waals surface area contributed by atoms with Crippen LogP contribution in [0.5, 0.6) is 0 Å². The minimum Gasteiger partial charge on any atom is -0.144 e. The Kier molecular flexibility index (Phi) is 0.788. The molecule has 0 amide bonds. The van der Waals surface area contributed by atoms with Crippen molar-refractivity contribution in [3.63, 3.8) is 0 Å². The lowest BCUT2D eigenvalue weighted by Crippen LogP contribution is -2.11. The summed E-state index contributed by atoms with van der Waals surface area (Å²) in [7, 11) is 0. The van der Waals surface area contributed by atoms with Crippen molar-refractivity contribution in [3.05, 3.63) is 21.2 Å². The van der Waals surface area contributed by atoms with Crippen molar-refractivity contribution >= 4 is 23.5 Å². The summed E-state index contributed by atoms with van der Waals surface area (Å²) < 4.78 is 1.45. The second-order valence-corrected chi connectivity index (χ2v) is 2.83. The minimum atomic E-state index is 1.14. The predicted octanol–water partition coefficient (Wildman–Crippen LogP) is 0.713. The van der Waals surface area contributed by atoms with Crippen molar-refractivity contribution in [1.29, 1.82) is 0 Å². The lowest BCUT2D eigenvalue weighted by Gasteiger charge is -1.63. The van der Waals surface area contributed by atoms with Crippen LogP contribution in [0.1, 0.15) is 6.42 Å². The SMILES string of the molecule is C1=c2ccsc2=CC1. The molecule has 1 aliphatic carbocycles. The number of hydrogen-bond acceptors (Lipinski definition) is 1. The summed E-state index contributed by atoms with van der Waals surface area (Å²) in [6, 6.07) is 2.17. The third-order valence-corrected chi connectivity index (χ3v) is 2.30. The molecule has 0 aliphatic heterocycles. The van der Waals surface area contributed by atoms with Gasteiger partial charge in [0.15, 0.2) is 0 Å². The van der Waals surface area contributed by atoms with E-state index in [1.165, 1.54) is 9.75 Å². The van der Waals surface area contributed by atoms with Gasteiger partial charge in [0.1, 0.15) is 0 Å². The van der Waals surface area contributed by atoms with Gasteiger partial charge in [-0.05, 0) is 23.1 Å². The van der Waals surface area contributed by atoms with Gasteiger partial charge in [0.25, 0.3) is 0 Å². The summed E-state index contributed by atoms with van der Waals surface area (Å²) >= 11 is 1.83. The van der Waals surface area contributed by atoms with Gasteiger partial charge in [0.2, 0.25) is 0 Å². The molecule has 0 spiro atoms. The minimum absolute atomic E-state index is 1.14. The molecule has 1 heterocycles. The molecule has 1 heteroatoms. The van der Waals surface area contributed by atoms with Gasteiger partial charge in [-0.15, -0.1) is 11.3 Å². The molecule has 0 saturated heterocycles. The zero-order valence-electron chi connectivity index (χ0n) is 4.42. The second kappa shape index (κ2) is 1.46. The van der Waals surface area contributed by atoms with Crippen LogP contribution < -0.4 is 9.75 Å². The molecule has 0 atom stereocenters. The lowest BCUT2D eigenvalue weighted by molar-refractivity contribution is 1.66. The molecule has 1 aromatic heterocycles. The van der Waals surface area contributed by atoms with Crippen LogP contribution in [0.2, 0.25) is 0 Å². The van der Waals surface area contributed by atoms with E-state index in [1.807, 2.05) is 11.3 Å². The Morgan fingerprint density at radius 3 is 3.25 bits per heavy atom. The van der Waals surface area contributed by atoms with E-state index in [9.17, 15) is 0 Å². The van der Waals surface area contributed by atoms with Crippen molar-refractivity contribution < 1.29 is 0 Å². The summed E-state index contributed by atoms with van der Waals surface area (Å²) in [5, 5.41) is 3.56. The van der Waals surface area contributed by atoms with Gasteiger partial charge in [-0.25, -0.2) is 0 Å². The first-order valence-corrected chi connectivity index (χ1v) is 3.59. The normalized spacial score (nSPS) is 14.5. The highest BCUT2D eigenvalue weighted by atomic mass is 32.1. The average molecular weight is 122 g/mol. The van der Waals surface area contributed by atoms with E-state index in [1.54, 1.807) is 0 Å². The Labute approximate surface area is 51.8 Å². The van der Waals surface area contributed by atoms with Crippen molar-refractivity contribution in [2.45, 2.75) is 6.42 Å². The Hall–Kier alpha value is -0.560. The Balaban J connectivity index is 3.08. The topological polar surface area (TPSA) is 0 Å². The monoisotopic (exact) mass is 122 g/mol. The summed E-state index contributed by atoms with van der Waals surface area (Å²) in [6.45, 7) is 0. The highest BCUT2D eigenvalue weighted by molar-refractivity contribution is 7.07. The number of thiophene rings is 1. The Morgan fingerprint density at radius 2 is 2.38 bits per heavy atom. The van der Waals surface area contributed by atoms with Gasteiger partial charge in [-0.3, -0.25) is 0 Å². The molecular weight excluding hydrogens is 116 g/mol. The molecule has 1 aliphatic rings. The Bertz CT molecular complexity index is 264. The van der Waals surface area contributed by atoms with E-state index in [4.69, 9.17) is 0 Å². The molecule has 0 saturated carbocycles. The molecule has 0 fully saturated rings.